The molecule has 7 heteroatoms. The van der Waals surface area contributed by atoms with E-state index >= 15 is 0 Å². The molecular formula is C20H34N4O3. The molecule has 0 bridgehead atoms. The van der Waals surface area contributed by atoms with Crippen LogP contribution < -0.4 is 25.4 Å². The molecule has 0 unspecified atom stereocenters. The Balaban J connectivity index is 2.66. The Bertz CT molecular complexity index is 630. The zero-order valence-electron chi connectivity index (χ0n) is 17.4. The largest absolute Gasteiger partial charge is 0.493 e. The molecule has 0 aliphatic carbocycles. The predicted molar refractivity (Wildman–Crippen MR) is 110 cm³/mol. The quantitative estimate of drug-likeness (QED) is 0.428. The highest BCUT2D eigenvalue weighted by Crippen LogP contribution is 2.27. The maximum atomic E-state index is 12.1. The summed E-state index contributed by atoms with van der Waals surface area (Å²) in [5.74, 6) is 2.15. The maximum Gasteiger partial charge on any atom is 0.227 e. The van der Waals surface area contributed by atoms with E-state index in [1.807, 2.05) is 45.9 Å². The fourth-order valence-electron chi connectivity index (χ4n) is 2.45. The fourth-order valence-corrected chi connectivity index (χ4v) is 2.45. The maximum absolute atomic E-state index is 12.1. The minimum Gasteiger partial charge on any atom is -0.493 e. The van der Waals surface area contributed by atoms with Gasteiger partial charge in [-0.05, 0) is 51.8 Å². The summed E-state index contributed by atoms with van der Waals surface area (Å²) in [6.45, 7) is 10.2. The Morgan fingerprint density at radius 2 is 1.70 bits per heavy atom. The van der Waals surface area contributed by atoms with Gasteiger partial charge < -0.3 is 25.4 Å². The molecule has 0 spiro atoms. The molecular weight excluding hydrogens is 344 g/mol. The molecule has 1 aromatic carbocycles. The van der Waals surface area contributed by atoms with Crippen molar-refractivity contribution in [3.05, 3.63) is 23.8 Å². The lowest BCUT2D eigenvalue weighted by Gasteiger charge is -2.22. The summed E-state index contributed by atoms with van der Waals surface area (Å²) in [7, 11) is 3.26. The summed E-state index contributed by atoms with van der Waals surface area (Å²) in [6.07, 6.45) is 0.810. The van der Waals surface area contributed by atoms with Gasteiger partial charge in [0.25, 0.3) is 0 Å². The summed E-state index contributed by atoms with van der Waals surface area (Å²) in [5.41, 5.74) is 0.584. The molecule has 7 nitrogen and oxygen atoms in total. The summed E-state index contributed by atoms with van der Waals surface area (Å²) < 4.78 is 10.6. The van der Waals surface area contributed by atoms with Crippen LogP contribution in [-0.4, -0.2) is 52.3 Å². The van der Waals surface area contributed by atoms with Crippen LogP contribution in [0.1, 0.15) is 33.3 Å². The topological polar surface area (TPSA) is 84.0 Å². The molecule has 0 aromatic heterocycles. The van der Waals surface area contributed by atoms with Gasteiger partial charge in [-0.3, -0.25) is 9.79 Å². The first-order valence-corrected chi connectivity index (χ1v) is 9.39. The number of aliphatic imine (C=N–C) groups is 1. The van der Waals surface area contributed by atoms with Gasteiger partial charge in [-0.2, -0.15) is 0 Å². The minimum atomic E-state index is -0.554. The van der Waals surface area contributed by atoms with Crippen LogP contribution in [0.25, 0.3) is 0 Å². The lowest BCUT2D eigenvalue weighted by Crippen LogP contribution is -2.42. The molecule has 0 saturated carbocycles. The molecule has 3 N–H and O–H groups in total. The van der Waals surface area contributed by atoms with Crippen LogP contribution in [0.15, 0.2) is 23.2 Å². The standard InChI is InChI=1S/C20H34N4O3/c1-7-21-18(25)20(3,4)14-24-19(22-8-2)23-12-11-15-9-10-16(26-5)17(13-15)27-6/h9-10,13H,7-8,11-12,14H2,1-6H3,(H,21,25)(H2,22,23,24). The Labute approximate surface area is 162 Å². The first-order chi connectivity index (χ1) is 12.9. The summed E-state index contributed by atoms with van der Waals surface area (Å²) in [6, 6.07) is 5.90. The molecule has 0 aliphatic heterocycles. The molecule has 152 valence electrons. The van der Waals surface area contributed by atoms with Crippen LogP contribution in [0, 0.1) is 5.41 Å². The molecule has 27 heavy (non-hydrogen) atoms. The van der Waals surface area contributed by atoms with Crippen molar-refractivity contribution >= 4 is 11.9 Å². The Hall–Kier alpha value is -2.44. The molecule has 0 saturated heterocycles. The van der Waals surface area contributed by atoms with E-state index in [0.717, 1.165) is 30.0 Å². The van der Waals surface area contributed by atoms with Gasteiger partial charge in [0.2, 0.25) is 5.91 Å². The number of ether oxygens (including phenoxy) is 2. The number of rotatable bonds is 10. The third kappa shape index (κ3) is 7.37. The van der Waals surface area contributed by atoms with Crippen LogP contribution in [-0.2, 0) is 11.2 Å². The highest BCUT2D eigenvalue weighted by molar-refractivity contribution is 5.83. The van der Waals surface area contributed by atoms with Crippen molar-refractivity contribution < 1.29 is 14.3 Å². The van der Waals surface area contributed by atoms with Crippen LogP contribution in [0.4, 0.5) is 0 Å². The number of benzene rings is 1. The van der Waals surface area contributed by atoms with E-state index in [1.165, 1.54) is 0 Å². The van der Waals surface area contributed by atoms with E-state index in [-0.39, 0.29) is 5.91 Å². The van der Waals surface area contributed by atoms with Gasteiger partial charge in [0.15, 0.2) is 17.5 Å². The second-order valence-electron chi connectivity index (χ2n) is 6.80. The summed E-state index contributed by atoms with van der Waals surface area (Å²) in [4.78, 5) is 16.7. The second kappa shape index (κ2) is 11.3. The highest BCUT2D eigenvalue weighted by atomic mass is 16.5. The van der Waals surface area contributed by atoms with Crippen LogP contribution >= 0.6 is 0 Å². The van der Waals surface area contributed by atoms with Crippen molar-refractivity contribution in [2.24, 2.45) is 10.4 Å². The van der Waals surface area contributed by atoms with Crippen molar-refractivity contribution in [3.63, 3.8) is 0 Å². The van der Waals surface area contributed by atoms with Crippen molar-refractivity contribution in [3.8, 4) is 11.5 Å². The van der Waals surface area contributed by atoms with Crippen LogP contribution in [0.2, 0.25) is 0 Å². The molecule has 0 heterocycles. The van der Waals surface area contributed by atoms with Crippen LogP contribution in [0.3, 0.4) is 0 Å². The SMILES string of the molecule is CCNC(=O)C(C)(C)CN=C(NCC)NCCc1ccc(OC)c(OC)c1. The fraction of sp³-hybridized carbons (Fsp3) is 0.600. The van der Waals surface area contributed by atoms with E-state index < -0.39 is 5.41 Å². The predicted octanol–water partition coefficient (Wildman–Crippen LogP) is 1.96. The van der Waals surface area contributed by atoms with Crippen molar-refractivity contribution in [2.45, 2.75) is 34.1 Å². The monoisotopic (exact) mass is 378 g/mol. The van der Waals surface area contributed by atoms with E-state index in [0.29, 0.717) is 25.6 Å². The second-order valence-corrected chi connectivity index (χ2v) is 6.80. The van der Waals surface area contributed by atoms with Gasteiger partial charge in [0.1, 0.15) is 0 Å². The average molecular weight is 379 g/mol. The number of hydrogen-bond acceptors (Lipinski definition) is 4. The molecule has 1 rings (SSSR count). The first kappa shape index (κ1) is 22.6. The number of carbonyl (C=O) groups excluding carboxylic acids is 1. The van der Waals surface area contributed by atoms with Crippen molar-refractivity contribution in [1.82, 2.24) is 16.0 Å². The van der Waals surface area contributed by atoms with E-state index in [9.17, 15) is 4.79 Å². The van der Waals surface area contributed by atoms with Gasteiger partial charge in [0.05, 0.1) is 26.2 Å². The Morgan fingerprint density at radius 3 is 2.30 bits per heavy atom. The van der Waals surface area contributed by atoms with Crippen molar-refractivity contribution in [2.75, 3.05) is 40.4 Å². The zero-order valence-corrected chi connectivity index (χ0v) is 17.4. The van der Waals surface area contributed by atoms with E-state index in [2.05, 4.69) is 20.9 Å². The molecule has 1 aromatic rings. The lowest BCUT2D eigenvalue weighted by molar-refractivity contribution is -0.128. The van der Waals surface area contributed by atoms with Gasteiger partial charge >= 0.3 is 0 Å². The molecule has 1 amide bonds. The lowest BCUT2D eigenvalue weighted by atomic mass is 9.92. The number of guanidine groups is 1. The molecule has 0 aliphatic rings. The molecule has 0 radical (unpaired) electrons. The van der Waals surface area contributed by atoms with E-state index in [4.69, 9.17) is 9.47 Å². The molecule has 0 fully saturated rings. The highest BCUT2D eigenvalue weighted by Gasteiger charge is 2.26. The number of carbonyl (C=O) groups is 1. The van der Waals surface area contributed by atoms with Gasteiger partial charge in [-0.25, -0.2) is 0 Å². The Morgan fingerprint density at radius 1 is 1.04 bits per heavy atom. The third-order valence-electron chi connectivity index (χ3n) is 4.08. The van der Waals surface area contributed by atoms with Gasteiger partial charge in [-0.15, -0.1) is 0 Å². The van der Waals surface area contributed by atoms with E-state index in [1.54, 1.807) is 14.2 Å². The number of methoxy groups -OCH3 is 2. The minimum absolute atomic E-state index is 0.00919. The number of amides is 1. The zero-order chi connectivity index (χ0) is 20.3. The normalized spacial score (nSPS) is 11.7. The smallest absolute Gasteiger partial charge is 0.227 e. The number of nitrogens with one attached hydrogen (secondary N) is 3. The Kier molecular flexibility index (Phi) is 9.47. The van der Waals surface area contributed by atoms with Gasteiger partial charge in [0, 0.05) is 19.6 Å². The van der Waals surface area contributed by atoms with Crippen molar-refractivity contribution in [1.29, 1.82) is 0 Å². The average Bonchev–Trinajstić information content (AvgIpc) is 2.66. The van der Waals surface area contributed by atoms with Gasteiger partial charge in [-0.1, -0.05) is 6.07 Å². The third-order valence-corrected chi connectivity index (χ3v) is 4.08. The first-order valence-electron chi connectivity index (χ1n) is 9.39. The van der Waals surface area contributed by atoms with Crippen LogP contribution in [0.5, 0.6) is 11.5 Å². The number of nitrogens with zero attached hydrogens (tertiary/aromatic N) is 1. The summed E-state index contributed by atoms with van der Waals surface area (Å²) in [5, 5.41) is 9.38. The number of hydrogen-bond donors (Lipinski definition) is 3. The molecule has 0 atom stereocenters. The summed E-state index contributed by atoms with van der Waals surface area (Å²) >= 11 is 0.